The number of benzene rings is 4. The van der Waals surface area contributed by atoms with Crippen LogP contribution < -0.4 is 14.8 Å². The van der Waals surface area contributed by atoms with Crippen LogP contribution in [0.4, 0.5) is 27.2 Å². The highest BCUT2D eigenvalue weighted by Gasteiger charge is 2.37. The van der Waals surface area contributed by atoms with Crippen LogP contribution in [0.5, 0.6) is 11.5 Å². The second-order valence-electron chi connectivity index (χ2n) is 25.5. The number of hydrogen-bond acceptors (Lipinski definition) is 13. The third kappa shape index (κ3) is 27.3. The lowest BCUT2D eigenvalue weighted by molar-refractivity contribution is 0.0142. The molecule has 3 amide bonds. The largest absolute Gasteiger partial charge is 0.496 e. The molecule has 2 fully saturated rings. The lowest BCUT2D eigenvalue weighted by atomic mass is 9.89. The molecule has 0 radical (unpaired) electrons. The minimum atomic E-state index is -0.819. The van der Waals surface area contributed by atoms with Crippen LogP contribution in [0.15, 0.2) is 110 Å². The Balaban J connectivity index is 0.000000281. The molecular weight excluding hydrogens is 1630 g/mol. The molecule has 0 bridgehead atoms. The van der Waals surface area contributed by atoms with Crippen molar-refractivity contribution >= 4 is 192 Å². The fourth-order valence-corrected chi connectivity index (χ4v) is 14.2. The highest BCUT2D eigenvalue weighted by Crippen LogP contribution is 2.86. The molecule has 2 aliphatic rings. The zero-order valence-corrected chi connectivity index (χ0v) is 73.8. The first-order chi connectivity index (χ1) is 48.1. The maximum atomic E-state index is 14.8. The second kappa shape index (κ2) is 43.3. The maximum Gasteiger partial charge on any atom is 0.410 e. The number of carbonyl (C=O) groups excluding carboxylic acids is 4. The molecule has 4 aromatic carbocycles. The monoisotopic (exact) mass is 1720 g/mol. The van der Waals surface area contributed by atoms with Gasteiger partial charge in [0.05, 0.1) is 44.4 Å². The average molecular weight is 1720 g/mol. The van der Waals surface area contributed by atoms with Gasteiger partial charge in [0, 0.05) is 87.3 Å². The predicted molar refractivity (Wildman–Crippen MR) is 457 cm³/mol. The molecule has 10 rings (SSSR count). The average Bonchev–Trinajstić information content (AvgIpc) is 1.64. The Labute approximate surface area is 647 Å². The number of thiophene rings is 2. The van der Waals surface area contributed by atoms with Gasteiger partial charge in [-0.1, -0.05) is 50.7 Å². The molecule has 8 aromatic rings. The van der Waals surface area contributed by atoms with Gasteiger partial charge in [-0.2, -0.15) is 0 Å². The van der Waals surface area contributed by atoms with E-state index in [0.29, 0.717) is 37.5 Å². The smallest absolute Gasteiger partial charge is 0.410 e. The van der Waals surface area contributed by atoms with Crippen molar-refractivity contribution in [1.82, 2.24) is 30.0 Å². The molecule has 14 nitrogen and oxygen atoms in total. The van der Waals surface area contributed by atoms with Crippen LogP contribution in [0.3, 0.4) is 0 Å². The van der Waals surface area contributed by atoms with Crippen molar-refractivity contribution in [3.8, 4) is 33.8 Å². The van der Waals surface area contributed by atoms with Crippen molar-refractivity contribution in [3.63, 3.8) is 0 Å². The molecule has 8 unspecified atom stereocenters. The standard InChI is InChI=1S/C34H36ClF2N3O4S.C25H35N3O3.C9H2Cl2F2OS.CH4.H8P6.H7P5/c1-34(2,3)44-33(42)39(4)23-7-9-24(10-8-23)40(32(41)31-29(35)28-25(36)11-12-26(37)30(28)45-31)19-22-18-21(6-13-27(22)43-5)20-14-16-38-17-15-20;1-25(2,3)31-24(29)28(4)22-9-7-21(8-10-22)27-17-20-16-19(6-11-23(20)30-5)18-12-14-26-15-13-18;10-6-5-3(12)1-2-4(13)7(5)15-8(6)9(11)14;;1-5(2)6(3)4;1-4-5(2)3/h6,11-18,23-24H,7-10,19H2,1-5H3;6,11-16,21-22,27H,7-10,17H2,1-5H3;1-2H;1H4;1-4H2;4H,1-3H2. The highest BCUT2D eigenvalue weighted by atomic mass is 35.5. The van der Waals surface area contributed by atoms with Crippen LogP contribution in [0.2, 0.25) is 10.0 Å². The van der Waals surface area contributed by atoms with Crippen molar-refractivity contribution in [2.24, 2.45) is 0 Å². The number of aromatic nitrogens is 2. The quantitative estimate of drug-likeness (QED) is 0.0559. The van der Waals surface area contributed by atoms with Crippen LogP contribution in [-0.2, 0) is 22.6 Å². The van der Waals surface area contributed by atoms with E-state index in [1.54, 1.807) is 48.4 Å². The number of hydrogen-bond donors (Lipinski definition) is 1. The number of carbonyl (C=O) groups is 4. The van der Waals surface area contributed by atoms with Gasteiger partial charge in [-0.05, 0) is 221 Å². The zero-order chi connectivity index (χ0) is 75.5. The Morgan fingerprint density at radius 2 is 0.942 bits per heavy atom. The third-order valence-electron chi connectivity index (χ3n) is 16.2. The van der Waals surface area contributed by atoms with Gasteiger partial charge in [0.2, 0.25) is 0 Å². The van der Waals surface area contributed by atoms with E-state index in [2.05, 4.69) is 89.9 Å². The maximum absolute atomic E-state index is 14.8. The van der Waals surface area contributed by atoms with Gasteiger partial charge in [-0.3, -0.25) is 19.6 Å². The molecule has 0 saturated heterocycles. The number of fused-ring (bicyclic) bond motifs is 2. The van der Waals surface area contributed by atoms with Gasteiger partial charge < -0.3 is 39.0 Å². The van der Waals surface area contributed by atoms with Crippen molar-refractivity contribution in [2.45, 2.75) is 149 Å². The summed E-state index contributed by atoms with van der Waals surface area (Å²) in [5, 5.41) is 2.46. The molecule has 0 aliphatic heterocycles. The summed E-state index contributed by atoms with van der Waals surface area (Å²) < 4.78 is 78.4. The number of rotatable bonds is 16. The van der Waals surface area contributed by atoms with Gasteiger partial charge in [-0.25, -0.2) is 27.2 Å². The highest BCUT2D eigenvalue weighted by molar-refractivity contribution is 8.92. The van der Waals surface area contributed by atoms with Crippen LogP contribution >= 0.6 is 149 Å². The van der Waals surface area contributed by atoms with Gasteiger partial charge in [0.15, 0.2) is 0 Å². The van der Waals surface area contributed by atoms with Crippen molar-refractivity contribution in [3.05, 3.63) is 164 Å². The summed E-state index contributed by atoms with van der Waals surface area (Å²) in [7, 11) is 27.3. The lowest BCUT2D eigenvalue weighted by Crippen LogP contribution is -2.47. The topological polar surface area (TPSA) is 153 Å². The zero-order valence-electron chi connectivity index (χ0n) is 58.1. The summed E-state index contributed by atoms with van der Waals surface area (Å²) in [6, 6.07) is 24.3. The fourth-order valence-electron chi connectivity index (χ4n) is 11.1. The molecule has 34 heteroatoms. The van der Waals surface area contributed by atoms with Crippen LogP contribution in [0.25, 0.3) is 42.4 Å². The first-order valence-corrected chi connectivity index (χ1v) is 52.7. The third-order valence-corrected chi connectivity index (χ3v) is 53.1. The van der Waals surface area contributed by atoms with Crippen LogP contribution in [-0.4, -0.2) is 112 Å². The molecule has 4 aromatic heterocycles. The lowest BCUT2D eigenvalue weighted by Gasteiger charge is -2.40. The molecule has 1 N–H and O–H groups in total. The first kappa shape index (κ1) is 91.3. The molecule has 8 atom stereocenters. The van der Waals surface area contributed by atoms with Gasteiger partial charge in [0.25, 0.3) is 11.1 Å². The Morgan fingerprint density at radius 3 is 1.32 bits per heavy atom. The Morgan fingerprint density at radius 1 is 0.573 bits per heavy atom. The number of pyridine rings is 2. The molecule has 103 heavy (non-hydrogen) atoms. The second-order valence-corrected chi connectivity index (χ2v) is 62.4. The number of halogens is 7. The summed E-state index contributed by atoms with van der Waals surface area (Å²) >= 11 is 19.2. The Hall–Kier alpha value is -2.34. The Bertz CT molecular complexity index is 4100. The van der Waals surface area contributed by atoms with Crippen molar-refractivity contribution < 1.29 is 55.7 Å². The van der Waals surface area contributed by atoms with Crippen LogP contribution in [0, 0.1) is 23.3 Å². The van der Waals surface area contributed by atoms with E-state index in [1.807, 2.05) is 110 Å². The fraction of sp³-hybridized carbons (Fsp3) is 0.391. The van der Waals surface area contributed by atoms with Gasteiger partial charge in [0.1, 0.15) is 55.7 Å². The van der Waals surface area contributed by atoms with E-state index in [4.69, 9.17) is 53.8 Å². The van der Waals surface area contributed by atoms with E-state index in [0.717, 1.165) is 126 Å². The SMILES string of the molecule is C.COc1ccc(-c2ccncc2)cc1CN(C(=O)c1sc2c(F)ccc(F)c2c1Cl)C1CCC(N(C)C(=O)OC(C)(C)C)CC1.COc1ccc(-c2ccncc2)cc1CNC1CCC(N(C)C(=O)OC(C)(C)C)CC1.O=C(Cl)c1sc2c(F)ccc(F)c2c1Cl.PP(P)P(P)P.PPP(P)P. The molecular formula is C69H92Cl3F4N6O8P11S2. The Kier molecular flexibility index (Phi) is 38.4. The summed E-state index contributed by atoms with van der Waals surface area (Å²) in [5.74, 6) is -1.54. The van der Waals surface area contributed by atoms with Crippen molar-refractivity contribution in [1.29, 1.82) is 0 Å². The molecule has 4 heterocycles. The predicted octanol–water partition coefficient (Wildman–Crippen LogP) is 24.1. The first-order valence-electron chi connectivity index (χ1n) is 31.8. The van der Waals surface area contributed by atoms with E-state index in [-0.39, 0.29) is 99.1 Å². The molecule has 2 saturated carbocycles. The molecule has 0 spiro atoms. The van der Waals surface area contributed by atoms with Gasteiger partial charge >= 0.3 is 12.2 Å². The van der Waals surface area contributed by atoms with Gasteiger partial charge in [-0.15, -0.1) is 85.2 Å². The minimum Gasteiger partial charge on any atom is -0.496 e. The molecule has 562 valence electrons. The summed E-state index contributed by atoms with van der Waals surface area (Å²) in [5.41, 5.74) is 5.01. The number of ether oxygens (including phenoxy) is 4. The van der Waals surface area contributed by atoms with E-state index in [9.17, 15) is 36.7 Å². The summed E-state index contributed by atoms with van der Waals surface area (Å²) in [4.78, 5) is 63.7. The van der Waals surface area contributed by atoms with E-state index in [1.165, 1.54) is 0 Å². The normalized spacial score (nSPS) is 15.9. The number of amides is 3. The van der Waals surface area contributed by atoms with E-state index < -0.39 is 51.7 Å². The number of nitrogens with one attached hydrogen (secondary N) is 1. The number of nitrogens with zero attached hydrogens (tertiary/aromatic N) is 5. The molecule has 2 aliphatic carbocycles. The van der Waals surface area contributed by atoms with Crippen LogP contribution in [0.1, 0.15) is 131 Å². The summed E-state index contributed by atoms with van der Waals surface area (Å²) in [6.45, 7) is 12.7. The minimum absolute atomic E-state index is 0. The number of methoxy groups -OCH3 is 2. The summed E-state index contributed by atoms with van der Waals surface area (Å²) in [6.07, 6.45) is 12.9. The van der Waals surface area contributed by atoms with E-state index >= 15 is 0 Å². The van der Waals surface area contributed by atoms with Crippen molar-refractivity contribution in [2.75, 3.05) is 28.3 Å².